The van der Waals surface area contributed by atoms with Gasteiger partial charge in [0.05, 0.1) is 0 Å². The van der Waals surface area contributed by atoms with Crippen LogP contribution < -0.4 is 5.73 Å². The van der Waals surface area contributed by atoms with Crippen LogP contribution in [-0.4, -0.2) is 10.2 Å². The van der Waals surface area contributed by atoms with Gasteiger partial charge in [-0.15, -0.1) is 0 Å². The first-order valence-corrected chi connectivity index (χ1v) is 5.67. The maximum absolute atomic E-state index is 9.35. The molecule has 0 unspecified atom stereocenters. The van der Waals surface area contributed by atoms with Crippen LogP contribution in [0.5, 0.6) is 11.5 Å². The highest BCUT2D eigenvalue weighted by Gasteiger charge is 1.96. The van der Waals surface area contributed by atoms with E-state index in [1.807, 2.05) is 36.4 Å². The van der Waals surface area contributed by atoms with Crippen LogP contribution in [0.25, 0.3) is 12.2 Å². The van der Waals surface area contributed by atoms with E-state index in [0.29, 0.717) is 6.54 Å². The van der Waals surface area contributed by atoms with Gasteiger partial charge in [0, 0.05) is 12.6 Å². The number of hydrogen-bond donors (Lipinski definition) is 3. The Bertz CT molecular complexity index is 539. The molecule has 0 spiro atoms. The van der Waals surface area contributed by atoms with Crippen molar-refractivity contribution in [3.63, 3.8) is 0 Å². The largest absolute Gasteiger partial charge is 0.508 e. The van der Waals surface area contributed by atoms with Crippen LogP contribution in [0.15, 0.2) is 42.5 Å². The highest BCUT2D eigenvalue weighted by atomic mass is 16.3. The Morgan fingerprint density at radius 3 is 1.94 bits per heavy atom. The van der Waals surface area contributed by atoms with Crippen LogP contribution in [0, 0.1) is 0 Å². The average Bonchev–Trinajstić information content (AvgIpc) is 2.36. The van der Waals surface area contributed by atoms with Crippen molar-refractivity contribution >= 4 is 12.2 Å². The average molecular weight is 241 g/mol. The number of benzene rings is 2. The van der Waals surface area contributed by atoms with Gasteiger partial charge in [-0.25, -0.2) is 0 Å². The molecule has 3 heteroatoms. The van der Waals surface area contributed by atoms with E-state index in [-0.39, 0.29) is 11.5 Å². The Morgan fingerprint density at radius 1 is 0.833 bits per heavy atom. The van der Waals surface area contributed by atoms with Gasteiger partial charge in [0.2, 0.25) is 0 Å². The third-order valence-electron chi connectivity index (χ3n) is 2.61. The van der Waals surface area contributed by atoms with E-state index >= 15 is 0 Å². The molecule has 92 valence electrons. The molecular formula is C15H15NO2. The van der Waals surface area contributed by atoms with Gasteiger partial charge in [0.1, 0.15) is 11.5 Å². The summed E-state index contributed by atoms with van der Waals surface area (Å²) in [6, 6.07) is 12.4. The summed E-state index contributed by atoms with van der Waals surface area (Å²) in [7, 11) is 0. The lowest BCUT2D eigenvalue weighted by Gasteiger charge is -1.99. The number of phenols is 2. The lowest BCUT2D eigenvalue weighted by molar-refractivity contribution is 0.450. The molecule has 0 radical (unpaired) electrons. The second-order valence-corrected chi connectivity index (χ2v) is 4.06. The first-order chi connectivity index (χ1) is 8.67. The molecular weight excluding hydrogens is 226 g/mol. The highest BCUT2D eigenvalue weighted by Crippen LogP contribution is 2.21. The molecule has 0 fully saturated rings. The quantitative estimate of drug-likeness (QED) is 0.724. The summed E-state index contributed by atoms with van der Waals surface area (Å²) in [6.45, 7) is 0.532. The Kier molecular flexibility index (Phi) is 3.65. The van der Waals surface area contributed by atoms with Crippen LogP contribution in [0.3, 0.4) is 0 Å². The van der Waals surface area contributed by atoms with E-state index < -0.39 is 0 Å². The molecule has 0 bridgehead atoms. The van der Waals surface area contributed by atoms with Crippen molar-refractivity contribution in [3.05, 3.63) is 59.2 Å². The van der Waals surface area contributed by atoms with Crippen molar-refractivity contribution in [2.24, 2.45) is 5.73 Å². The SMILES string of the molecule is NCc1ccc(/C=C\c2cc(O)cc(O)c2)cc1. The van der Waals surface area contributed by atoms with Crippen molar-refractivity contribution in [3.8, 4) is 11.5 Å². The second kappa shape index (κ2) is 5.38. The van der Waals surface area contributed by atoms with Gasteiger partial charge in [0.15, 0.2) is 0 Å². The predicted molar refractivity (Wildman–Crippen MR) is 73.0 cm³/mol. The fraction of sp³-hybridized carbons (Fsp3) is 0.0667. The molecule has 0 heterocycles. The summed E-state index contributed by atoms with van der Waals surface area (Å²) in [6.07, 6.45) is 3.74. The number of nitrogens with two attached hydrogens (primary N) is 1. The van der Waals surface area contributed by atoms with Crippen molar-refractivity contribution < 1.29 is 10.2 Å². The van der Waals surface area contributed by atoms with E-state index in [4.69, 9.17) is 5.73 Å². The van der Waals surface area contributed by atoms with Gasteiger partial charge < -0.3 is 15.9 Å². The van der Waals surface area contributed by atoms with Crippen LogP contribution in [0.1, 0.15) is 16.7 Å². The van der Waals surface area contributed by atoms with Gasteiger partial charge in [-0.05, 0) is 28.8 Å². The lowest BCUT2D eigenvalue weighted by Crippen LogP contribution is -1.94. The third kappa shape index (κ3) is 3.12. The minimum absolute atomic E-state index is 0.0492. The fourth-order valence-corrected chi connectivity index (χ4v) is 1.67. The van der Waals surface area contributed by atoms with Gasteiger partial charge >= 0.3 is 0 Å². The Balaban J connectivity index is 2.18. The topological polar surface area (TPSA) is 66.5 Å². The van der Waals surface area contributed by atoms with Crippen molar-refractivity contribution in [2.45, 2.75) is 6.54 Å². The minimum Gasteiger partial charge on any atom is -0.508 e. The van der Waals surface area contributed by atoms with Crippen LogP contribution in [0.2, 0.25) is 0 Å². The molecule has 2 aromatic rings. The molecule has 0 saturated heterocycles. The number of hydrogen-bond acceptors (Lipinski definition) is 3. The van der Waals surface area contributed by atoms with E-state index in [2.05, 4.69) is 0 Å². The van der Waals surface area contributed by atoms with Gasteiger partial charge in [-0.3, -0.25) is 0 Å². The second-order valence-electron chi connectivity index (χ2n) is 4.06. The standard InChI is InChI=1S/C15H15NO2/c16-10-12-4-1-11(2-5-12)3-6-13-7-14(17)9-15(18)8-13/h1-9,17-18H,10,16H2/b6-3-. The van der Waals surface area contributed by atoms with Crippen molar-refractivity contribution in [1.29, 1.82) is 0 Å². The maximum Gasteiger partial charge on any atom is 0.119 e. The Morgan fingerprint density at radius 2 is 1.39 bits per heavy atom. The highest BCUT2D eigenvalue weighted by molar-refractivity contribution is 5.70. The van der Waals surface area contributed by atoms with E-state index in [9.17, 15) is 10.2 Å². The summed E-state index contributed by atoms with van der Waals surface area (Å²) in [5.41, 5.74) is 8.39. The summed E-state index contributed by atoms with van der Waals surface area (Å²) in [5.74, 6) is 0.0984. The summed E-state index contributed by atoms with van der Waals surface area (Å²) >= 11 is 0. The molecule has 2 aromatic carbocycles. The summed E-state index contributed by atoms with van der Waals surface area (Å²) in [5, 5.41) is 18.7. The maximum atomic E-state index is 9.35. The van der Waals surface area contributed by atoms with Crippen LogP contribution >= 0.6 is 0 Å². The molecule has 0 aromatic heterocycles. The number of rotatable bonds is 3. The first kappa shape index (κ1) is 12.2. The van der Waals surface area contributed by atoms with Crippen molar-refractivity contribution in [1.82, 2.24) is 0 Å². The molecule has 0 aliphatic heterocycles. The van der Waals surface area contributed by atoms with Crippen LogP contribution in [-0.2, 0) is 6.54 Å². The van der Waals surface area contributed by atoms with E-state index in [0.717, 1.165) is 16.7 Å². The van der Waals surface area contributed by atoms with E-state index in [1.165, 1.54) is 6.07 Å². The molecule has 18 heavy (non-hydrogen) atoms. The van der Waals surface area contributed by atoms with E-state index in [1.54, 1.807) is 12.1 Å². The molecule has 0 aliphatic carbocycles. The number of aromatic hydroxyl groups is 2. The molecule has 0 atom stereocenters. The predicted octanol–water partition coefficient (Wildman–Crippen LogP) is 2.73. The smallest absolute Gasteiger partial charge is 0.119 e. The molecule has 0 aliphatic rings. The number of phenolic OH excluding ortho intramolecular Hbond substituents is 2. The fourth-order valence-electron chi connectivity index (χ4n) is 1.67. The first-order valence-electron chi connectivity index (χ1n) is 5.67. The zero-order chi connectivity index (χ0) is 13.0. The molecule has 0 amide bonds. The summed E-state index contributed by atoms with van der Waals surface area (Å²) < 4.78 is 0. The van der Waals surface area contributed by atoms with Crippen LogP contribution in [0.4, 0.5) is 0 Å². The molecule has 3 nitrogen and oxygen atoms in total. The molecule has 2 rings (SSSR count). The zero-order valence-electron chi connectivity index (χ0n) is 9.88. The lowest BCUT2D eigenvalue weighted by atomic mass is 10.1. The summed E-state index contributed by atoms with van der Waals surface area (Å²) in [4.78, 5) is 0. The van der Waals surface area contributed by atoms with Gasteiger partial charge in [0.25, 0.3) is 0 Å². The molecule has 0 saturated carbocycles. The Hall–Kier alpha value is -2.26. The third-order valence-corrected chi connectivity index (χ3v) is 2.61. The molecule has 4 N–H and O–H groups in total. The van der Waals surface area contributed by atoms with Gasteiger partial charge in [-0.2, -0.15) is 0 Å². The van der Waals surface area contributed by atoms with Gasteiger partial charge in [-0.1, -0.05) is 36.4 Å². The Labute approximate surface area is 106 Å². The normalized spacial score (nSPS) is 10.9. The monoisotopic (exact) mass is 241 g/mol. The zero-order valence-corrected chi connectivity index (χ0v) is 9.88. The van der Waals surface area contributed by atoms with Crippen molar-refractivity contribution in [2.75, 3.05) is 0 Å². The minimum atomic E-state index is 0.0492.